The van der Waals surface area contributed by atoms with Crippen molar-refractivity contribution in [2.75, 3.05) is 0 Å². The Hall–Kier alpha value is -3.65. The summed E-state index contributed by atoms with van der Waals surface area (Å²) in [5.74, 6) is -0.927. The Labute approximate surface area is 158 Å². The number of rotatable bonds is 4. The van der Waals surface area contributed by atoms with E-state index in [-0.39, 0.29) is 0 Å². The van der Waals surface area contributed by atoms with Crippen molar-refractivity contribution in [2.45, 2.75) is 0 Å². The lowest BCUT2D eigenvalue weighted by molar-refractivity contribution is 0.0698. The van der Waals surface area contributed by atoms with E-state index in [2.05, 4.69) is 6.07 Å². The fraction of sp³-hybridized carbons (Fsp3) is 0. The van der Waals surface area contributed by atoms with Gasteiger partial charge in [-0.1, -0.05) is 91.0 Å². The van der Waals surface area contributed by atoms with E-state index < -0.39 is 5.97 Å². The van der Waals surface area contributed by atoms with Crippen LogP contribution in [-0.2, 0) is 0 Å². The highest BCUT2D eigenvalue weighted by Crippen LogP contribution is 2.38. The smallest absolute Gasteiger partial charge is 0.336 e. The van der Waals surface area contributed by atoms with Gasteiger partial charge >= 0.3 is 5.97 Å². The van der Waals surface area contributed by atoms with Gasteiger partial charge in [0.25, 0.3) is 0 Å². The molecule has 2 heteroatoms. The van der Waals surface area contributed by atoms with Crippen LogP contribution in [0.15, 0.2) is 103 Å². The van der Waals surface area contributed by atoms with Gasteiger partial charge in [-0.15, -0.1) is 0 Å². The first-order valence-electron chi connectivity index (χ1n) is 8.81. The van der Waals surface area contributed by atoms with Crippen molar-refractivity contribution >= 4 is 5.97 Å². The number of aromatic carboxylic acids is 1. The molecule has 0 heterocycles. The van der Waals surface area contributed by atoms with Crippen LogP contribution < -0.4 is 0 Å². The molecular weight excluding hydrogens is 332 g/mol. The normalized spacial score (nSPS) is 10.5. The third kappa shape index (κ3) is 3.38. The third-order valence-corrected chi connectivity index (χ3v) is 4.62. The zero-order valence-electron chi connectivity index (χ0n) is 14.7. The zero-order chi connectivity index (χ0) is 18.6. The summed E-state index contributed by atoms with van der Waals surface area (Å²) in [6.45, 7) is 0. The molecule has 0 bridgehead atoms. The summed E-state index contributed by atoms with van der Waals surface area (Å²) >= 11 is 0. The molecular formula is C25H18O2. The second-order valence-electron chi connectivity index (χ2n) is 6.35. The molecule has 4 rings (SSSR count). The molecule has 0 aliphatic carbocycles. The van der Waals surface area contributed by atoms with Gasteiger partial charge in [0, 0.05) is 5.56 Å². The topological polar surface area (TPSA) is 37.3 Å². The molecule has 0 atom stereocenters. The maximum atomic E-state index is 12.2. The van der Waals surface area contributed by atoms with Gasteiger partial charge in [-0.05, 0) is 39.9 Å². The minimum Gasteiger partial charge on any atom is -0.478 e. The van der Waals surface area contributed by atoms with E-state index in [1.54, 1.807) is 6.07 Å². The van der Waals surface area contributed by atoms with Crippen molar-refractivity contribution in [1.29, 1.82) is 0 Å². The maximum Gasteiger partial charge on any atom is 0.336 e. The standard InChI is InChI=1S/C25H18O2/c26-25(27)23-17-21(18-10-4-1-5-11-18)16-22(19-12-6-2-7-13-19)24(23)20-14-8-3-9-15-20/h1-17H,(H,26,27). The minimum absolute atomic E-state index is 0.307. The Balaban J connectivity index is 2.06. The summed E-state index contributed by atoms with van der Waals surface area (Å²) in [7, 11) is 0. The minimum atomic E-state index is -0.927. The Bertz CT molecular complexity index is 1070. The van der Waals surface area contributed by atoms with E-state index >= 15 is 0 Å². The number of benzene rings is 4. The Morgan fingerprint density at radius 3 is 1.56 bits per heavy atom. The molecule has 0 radical (unpaired) electrons. The first-order chi connectivity index (χ1) is 13.2. The van der Waals surface area contributed by atoms with Crippen molar-refractivity contribution in [3.63, 3.8) is 0 Å². The van der Waals surface area contributed by atoms with Gasteiger partial charge in [0.2, 0.25) is 0 Å². The highest BCUT2D eigenvalue weighted by Gasteiger charge is 2.19. The molecule has 0 unspecified atom stereocenters. The van der Waals surface area contributed by atoms with Crippen molar-refractivity contribution in [3.8, 4) is 33.4 Å². The average Bonchev–Trinajstić information content (AvgIpc) is 2.74. The molecule has 0 saturated heterocycles. The number of carbonyl (C=O) groups is 1. The van der Waals surface area contributed by atoms with Gasteiger partial charge in [-0.3, -0.25) is 0 Å². The van der Waals surface area contributed by atoms with Gasteiger partial charge < -0.3 is 5.11 Å². The molecule has 0 saturated carbocycles. The Morgan fingerprint density at radius 1 is 0.556 bits per heavy atom. The summed E-state index contributed by atoms with van der Waals surface area (Å²) in [4.78, 5) is 12.2. The molecule has 130 valence electrons. The van der Waals surface area contributed by atoms with Gasteiger partial charge in [0.15, 0.2) is 0 Å². The molecule has 0 aliphatic heterocycles. The van der Waals surface area contributed by atoms with Crippen LogP contribution in [0.1, 0.15) is 10.4 Å². The van der Waals surface area contributed by atoms with Crippen LogP contribution in [0.2, 0.25) is 0 Å². The molecule has 0 spiro atoms. The Morgan fingerprint density at radius 2 is 1.04 bits per heavy atom. The van der Waals surface area contributed by atoms with Crippen LogP contribution in [0.25, 0.3) is 33.4 Å². The highest BCUT2D eigenvalue weighted by molar-refractivity contribution is 6.03. The van der Waals surface area contributed by atoms with Crippen molar-refractivity contribution in [2.24, 2.45) is 0 Å². The highest BCUT2D eigenvalue weighted by atomic mass is 16.4. The fourth-order valence-corrected chi connectivity index (χ4v) is 3.37. The van der Waals surface area contributed by atoms with Crippen LogP contribution >= 0.6 is 0 Å². The third-order valence-electron chi connectivity index (χ3n) is 4.62. The quantitative estimate of drug-likeness (QED) is 0.463. The molecule has 0 aliphatic rings. The lowest BCUT2D eigenvalue weighted by Gasteiger charge is -2.16. The number of hydrogen-bond donors (Lipinski definition) is 1. The van der Waals surface area contributed by atoms with Crippen LogP contribution in [0, 0.1) is 0 Å². The first kappa shape index (κ1) is 16.8. The van der Waals surface area contributed by atoms with E-state index in [1.165, 1.54) is 0 Å². The van der Waals surface area contributed by atoms with Gasteiger partial charge in [0.1, 0.15) is 0 Å². The van der Waals surface area contributed by atoms with Gasteiger partial charge in [-0.2, -0.15) is 0 Å². The molecule has 4 aromatic rings. The lowest BCUT2D eigenvalue weighted by Crippen LogP contribution is -2.02. The van der Waals surface area contributed by atoms with Crippen molar-refractivity contribution in [3.05, 3.63) is 109 Å². The van der Waals surface area contributed by atoms with E-state index in [4.69, 9.17) is 0 Å². The second-order valence-corrected chi connectivity index (χ2v) is 6.35. The monoisotopic (exact) mass is 350 g/mol. The SMILES string of the molecule is O=C(O)c1cc(-c2ccccc2)cc(-c2ccccc2)c1-c1ccccc1. The maximum absolute atomic E-state index is 12.2. The average molecular weight is 350 g/mol. The summed E-state index contributed by atoms with van der Waals surface area (Å²) in [5, 5.41) is 9.97. The molecule has 0 aromatic heterocycles. The number of hydrogen-bond acceptors (Lipinski definition) is 1. The van der Waals surface area contributed by atoms with Crippen LogP contribution in [0.3, 0.4) is 0 Å². The molecule has 2 nitrogen and oxygen atoms in total. The predicted molar refractivity (Wildman–Crippen MR) is 110 cm³/mol. The van der Waals surface area contributed by atoms with E-state index in [0.29, 0.717) is 5.56 Å². The van der Waals surface area contributed by atoms with Crippen LogP contribution in [0.5, 0.6) is 0 Å². The van der Waals surface area contributed by atoms with Gasteiger partial charge in [0.05, 0.1) is 5.56 Å². The summed E-state index contributed by atoms with van der Waals surface area (Å²) < 4.78 is 0. The summed E-state index contributed by atoms with van der Waals surface area (Å²) in [6, 6.07) is 33.4. The van der Waals surface area contributed by atoms with Crippen LogP contribution in [-0.4, -0.2) is 11.1 Å². The first-order valence-corrected chi connectivity index (χ1v) is 8.81. The number of carboxylic acid groups (broad SMARTS) is 1. The predicted octanol–water partition coefficient (Wildman–Crippen LogP) is 6.39. The molecule has 0 fully saturated rings. The van der Waals surface area contributed by atoms with Crippen LogP contribution in [0.4, 0.5) is 0 Å². The molecule has 1 N–H and O–H groups in total. The van der Waals surface area contributed by atoms with E-state index in [9.17, 15) is 9.90 Å². The van der Waals surface area contributed by atoms with Crippen molar-refractivity contribution < 1.29 is 9.90 Å². The van der Waals surface area contributed by atoms with E-state index in [1.807, 2.05) is 91.0 Å². The largest absolute Gasteiger partial charge is 0.478 e. The fourth-order valence-electron chi connectivity index (χ4n) is 3.37. The zero-order valence-corrected chi connectivity index (χ0v) is 14.7. The lowest BCUT2D eigenvalue weighted by atomic mass is 9.87. The molecule has 0 amide bonds. The van der Waals surface area contributed by atoms with Gasteiger partial charge in [-0.25, -0.2) is 4.79 Å². The summed E-state index contributed by atoms with van der Waals surface area (Å²) in [6.07, 6.45) is 0. The second kappa shape index (κ2) is 7.30. The van der Waals surface area contributed by atoms with Crippen molar-refractivity contribution in [1.82, 2.24) is 0 Å². The Kier molecular flexibility index (Phi) is 4.54. The number of carboxylic acids is 1. The summed E-state index contributed by atoms with van der Waals surface area (Å²) in [5.41, 5.74) is 5.75. The van der Waals surface area contributed by atoms with E-state index in [0.717, 1.165) is 33.4 Å². The molecule has 4 aromatic carbocycles. The molecule has 27 heavy (non-hydrogen) atoms.